The molecule has 0 saturated carbocycles. The van der Waals surface area contributed by atoms with E-state index < -0.39 is 0 Å². The van der Waals surface area contributed by atoms with Crippen molar-refractivity contribution in [3.05, 3.63) is 0 Å². The minimum Gasteiger partial charge on any atom is -0.0654 e. The third kappa shape index (κ3) is 10.5. The van der Waals surface area contributed by atoms with Crippen LogP contribution in [0.5, 0.6) is 0 Å². The minimum atomic E-state index is 0.869. The number of unbranched alkanes of at least 4 members (excludes halogenated alkanes) is 8. The molecule has 0 aromatic heterocycles. The van der Waals surface area contributed by atoms with Gasteiger partial charge in [0.25, 0.3) is 0 Å². The van der Waals surface area contributed by atoms with Gasteiger partial charge < -0.3 is 0 Å². The van der Waals surface area contributed by atoms with Gasteiger partial charge >= 0.3 is 0 Å². The topological polar surface area (TPSA) is 0 Å². The minimum absolute atomic E-state index is 0.869. The summed E-state index contributed by atoms with van der Waals surface area (Å²) >= 11 is 0. The predicted molar refractivity (Wildman–Crippen MR) is 75.8 cm³/mol. The largest absolute Gasteiger partial charge is 0.0654 e. The SMILES string of the molecule is CCCCCCCCCCCC(C)C(C)C. The average molecular weight is 226 g/mol. The Bertz CT molecular complexity index is 126. The van der Waals surface area contributed by atoms with Gasteiger partial charge in [-0.1, -0.05) is 91.9 Å². The molecule has 0 aliphatic carbocycles. The summed E-state index contributed by atoms with van der Waals surface area (Å²) in [5, 5.41) is 0. The number of rotatable bonds is 11. The van der Waals surface area contributed by atoms with Crippen LogP contribution in [0.25, 0.3) is 0 Å². The first kappa shape index (κ1) is 16.0. The molecule has 0 bridgehead atoms. The van der Waals surface area contributed by atoms with Gasteiger partial charge in [-0.05, 0) is 11.8 Å². The van der Waals surface area contributed by atoms with Gasteiger partial charge in [-0.2, -0.15) is 0 Å². The fourth-order valence-electron chi connectivity index (χ4n) is 2.11. The van der Waals surface area contributed by atoms with Gasteiger partial charge in [0.1, 0.15) is 0 Å². The van der Waals surface area contributed by atoms with Crippen LogP contribution >= 0.6 is 0 Å². The van der Waals surface area contributed by atoms with Crippen LogP contribution in [0.2, 0.25) is 0 Å². The first-order valence-corrected chi connectivity index (χ1v) is 7.68. The van der Waals surface area contributed by atoms with Crippen molar-refractivity contribution in [2.24, 2.45) is 11.8 Å². The highest BCUT2D eigenvalue weighted by atomic mass is 14.1. The molecule has 0 N–H and O–H groups in total. The maximum Gasteiger partial charge on any atom is -0.0420 e. The van der Waals surface area contributed by atoms with Crippen LogP contribution < -0.4 is 0 Å². The van der Waals surface area contributed by atoms with Crippen LogP contribution in [-0.2, 0) is 0 Å². The van der Waals surface area contributed by atoms with Crippen LogP contribution in [0.4, 0.5) is 0 Å². The second-order valence-electron chi connectivity index (χ2n) is 5.84. The first-order valence-electron chi connectivity index (χ1n) is 7.68. The summed E-state index contributed by atoms with van der Waals surface area (Å²) in [6, 6.07) is 0. The maximum absolute atomic E-state index is 2.40. The van der Waals surface area contributed by atoms with Crippen molar-refractivity contribution in [1.82, 2.24) is 0 Å². The Morgan fingerprint density at radius 1 is 0.625 bits per heavy atom. The van der Waals surface area contributed by atoms with Gasteiger partial charge in [-0.15, -0.1) is 0 Å². The molecule has 1 unspecified atom stereocenters. The standard InChI is InChI=1S/C16H34/c1-5-6-7-8-9-10-11-12-13-14-16(4)15(2)3/h15-16H,5-14H2,1-4H3. The zero-order valence-corrected chi connectivity index (χ0v) is 12.2. The van der Waals surface area contributed by atoms with Gasteiger partial charge in [-0.3, -0.25) is 0 Å². The highest BCUT2D eigenvalue weighted by molar-refractivity contribution is 4.57. The molecule has 0 aliphatic heterocycles. The molecule has 0 radical (unpaired) electrons. The molecule has 0 aliphatic rings. The molecule has 0 heterocycles. The number of hydrogen-bond acceptors (Lipinski definition) is 0. The van der Waals surface area contributed by atoms with E-state index in [0.717, 1.165) is 11.8 Å². The maximum atomic E-state index is 2.40. The fraction of sp³-hybridized carbons (Fsp3) is 1.00. The van der Waals surface area contributed by atoms with E-state index in [0.29, 0.717) is 0 Å². The highest BCUT2D eigenvalue weighted by Gasteiger charge is 2.05. The Morgan fingerprint density at radius 3 is 1.50 bits per heavy atom. The first-order chi connectivity index (χ1) is 7.68. The van der Waals surface area contributed by atoms with E-state index in [-0.39, 0.29) is 0 Å². The summed E-state index contributed by atoms with van der Waals surface area (Å²) in [6.45, 7) is 9.38. The summed E-state index contributed by atoms with van der Waals surface area (Å²) in [6.07, 6.45) is 14.5. The van der Waals surface area contributed by atoms with Gasteiger partial charge in [-0.25, -0.2) is 0 Å². The highest BCUT2D eigenvalue weighted by Crippen LogP contribution is 2.18. The quantitative estimate of drug-likeness (QED) is 0.368. The second kappa shape index (κ2) is 11.5. The molecule has 16 heavy (non-hydrogen) atoms. The van der Waals surface area contributed by atoms with E-state index in [2.05, 4.69) is 27.7 Å². The lowest BCUT2D eigenvalue weighted by Gasteiger charge is -2.14. The molecule has 0 rings (SSSR count). The molecule has 1 atom stereocenters. The molecular weight excluding hydrogens is 192 g/mol. The molecule has 0 saturated heterocycles. The molecule has 0 nitrogen and oxygen atoms in total. The monoisotopic (exact) mass is 226 g/mol. The van der Waals surface area contributed by atoms with E-state index in [1.165, 1.54) is 64.2 Å². The van der Waals surface area contributed by atoms with Crippen LogP contribution in [0.1, 0.15) is 91.9 Å². The van der Waals surface area contributed by atoms with E-state index in [1.54, 1.807) is 0 Å². The van der Waals surface area contributed by atoms with E-state index in [9.17, 15) is 0 Å². The average Bonchev–Trinajstić information content (AvgIpc) is 2.26. The lowest BCUT2D eigenvalue weighted by Crippen LogP contribution is -2.03. The Kier molecular flexibility index (Phi) is 11.5. The Labute approximate surface area is 104 Å². The van der Waals surface area contributed by atoms with E-state index in [1.807, 2.05) is 0 Å². The van der Waals surface area contributed by atoms with Crippen molar-refractivity contribution >= 4 is 0 Å². The molecule has 0 aromatic rings. The normalized spacial score (nSPS) is 13.3. The summed E-state index contributed by atoms with van der Waals surface area (Å²) in [5.74, 6) is 1.79. The van der Waals surface area contributed by atoms with Crippen LogP contribution in [0.15, 0.2) is 0 Å². The van der Waals surface area contributed by atoms with Crippen molar-refractivity contribution < 1.29 is 0 Å². The summed E-state index contributed by atoms with van der Waals surface area (Å²) < 4.78 is 0. The fourth-order valence-corrected chi connectivity index (χ4v) is 2.11. The van der Waals surface area contributed by atoms with Gasteiger partial charge in [0, 0.05) is 0 Å². The number of hydrogen-bond donors (Lipinski definition) is 0. The summed E-state index contributed by atoms with van der Waals surface area (Å²) in [5.41, 5.74) is 0. The van der Waals surface area contributed by atoms with Gasteiger partial charge in [0.05, 0.1) is 0 Å². The molecule has 0 aromatic carbocycles. The van der Waals surface area contributed by atoms with Crippen molar-refractivity contribution in [1.29, 1.82) is 0 Å². The van der Waals surface area contributed by atoms with Crippen molar-refractivity contribution in [3.63, 3.8) is 0 Å². The van der Waals surface area contributed by atoms with Crippen LogP contribution in [0, 0.1) is 11.8 Å². The van der Waals surface area contributed by atoms with E-state index in [4.69, 9.17) is 0 Å². The summed E-state index contributed by atoms with van der Waals surface area (Å²) in [4.78, 5) is 0. The van der Waals surface area contributed by atoms with Crippen molar-refractivity contribution in [2.75, 3.05) is 0 Å². The third-order valence-electron chi connectivity index (χ3n) is 3.90. The molecule has 98 valence electrons. The van der Waals surface area contributed by atoms with E-state index >= 15 is 0 Å². The van der Waals surface area contributed by atoms with Crippen LogP contribution in [0.3, 0.4) is 0 Å². The zero-order chi connectivity index (χ0) is 12.2. The Hall–Kier alpha value is 0. The van der Waals surface area contributed by atoms with Crippen molar-refractivity contribution in [3.8, 4) is 0 Å². The predicted octanol–water partition coefficient (Wildman–Crippen LogP) is 6.20. The van der Waals surface area contributed by atoms with Gasteiger partial charge in [0.2, 0.25) is 0 Å². The molecule has 0 spiro atoms. The Morgan fingerprint density at radius 2 is 1.06 bits per heavy atom. The lowest BCUT2D eigenvalue weighted by atomic mass is 9.92. The third-order valence-corrected chi connectivity index (χ3v) is 3.90. The molecular formula is C16H34. The second-order valence-corrected chi connectivity index (χ2v) is 5.84. The Balaban J connectivity index is 3.04. The lowest BCUT2D eigenvalue weighted by molar-refractivity contribution is 0.374. The molecule has 0 amide bonds. The molecule has 0 fully saturated rings. The summed E-state index contributed by atoms with van der Waals surface area (Å²) in [7, 11) is 0. The zero-order valence-electron chi connectivity index (χ0n) is 12.2. The molecule has 0 heteroatoms. The van der Waals surface area contributed by atoms with Crippen molar-refractivity contribution in [2.45, 2.75) is 91.9 Å². The van der Waals surface area contributed by atoms with Gasteiger partial charge in [0.15, 0.2) is 0 Å². The van der Waals surface area contributed by atoms with Crippen LogP contribution in [-0.4, -0.2) is 0 Å². The smallest absolute Gasteiger partial charge is 0.0420 e.